The van der Waals surface area contributed by atoms with Crippen LogP contribution in [-0.2, 0) is 26.2 Å². The molecule has 12 heteroatoms. The number of hydrogen-bond donors (Lipinski definition) is 2. The van der Waals surface area contributed by atoms with Gasteiger partial charge in [0.2, 0.25) is 0 Å². The van der Waals surface area contributed by atoms with Gasteiger partial charge in [0.25, 0.3) is 20.0 Å². The van der Waals surface area contributed by atoms with Crippen LogP contribution in [0.4, 0.5) is 28.9 Å². The topological polar surface area (TPSA) is 92.3 Å². The fraction of sp³-hybridized carbons (Fsp3) is 0.100. The summed E-state index contributed by atoms with van der Waals surface area (Å²) in [5.74, 6) is -0.898. The zero-order valence-corrected chi connectivity index (χ0v) is 17.9. The molecule has 170 valence electrons. The van der Waals surface area contributed by atoms with E-state index in [1.165, 1.54) is 18.2 Å². The second-order valence-corrected chi connectivity index (χ2v) is 10.1. The number of hydrogen-bond acceptors (Lipinski definition) is 4. The van der Waals surface area contributed by atoms with Gasteiger partial charge < -0.3 is 0 Å². The Labute approximate surface area is 182 Å². The molecule has 0 radical (unpaired) electrons. The molecule has 0 bridgehead atoms. The monoisotopic (exact) mass is 488 g/mol. The number of rotatable bonds is 6. The van der Waals surface area contributed by atoms with E-state index in [2.05, 4.69) is 4.72 Å². The van der Waals surface area contributed by atoms with E-state index in [1.54, 1.807) is 13.0 Å². The van der Waals surface area contributed by atoms with Crippen molar-refractivity contribution in [1.82, 2.24) is 0 Å². The lowest BCUT2D eigenvalue weighted by molar-refractivity contribution is -0.137. The number of benzene rings is 3. The van der Waals surface area contributed by atoms with Crippen LogP contribution in [0.1, 0.15) is 11.1 Å². The Balaban J connectivity index is 1.99. The van der Waals surface area contributed by atoms with Crippen LogP contribution >= 0.6 is 0 Å². The summed E-state index contributed by atoms with van der Waals surface area (Å²) >= 11 is 0. The third kappa shape index (κ3) is 5.37. The first kappa shape index (κ1) is 23.5. The fourth-order valence-electron chi connectivity index (χ4n) is 2.72. The fourth-order valence-corrected chi connectivity index (χ4v) is 5.02. The quantitative estimate of drug-likeness (QED) is 0.490. The minimum atomic E-state index is -4.78. The van der Waals surface area contributed by atoms with Gasteiger partial charge in [-0.05, 0) is 55.0 Å². The average molecular weight is 488 g/mol. The highest BCUT2D eigenvalue weighted by Gasteiger charge is 2.32. The standard InChI is InChI=1S/C20H16F4N2O4S2/c1-13-4-2-6-16(10-13)31(27,28)25-18-9-8-15(21)12-19(18)26-32(29,30)17-7-3-5-14(11-17)20(22,23)24/h2-12,25-26H,1H3. The Hall–Kier alpha value is -3.12. The van der Waals surface area contributed by atoms with Gasteiger partial charge >= 0.3 is 6.18 Å². The van der Waals surface area contributed by atoms with E-state index in [4.69, 9.17) is 0 Å². The summed E-state index contributed by atoms with van der Waals surface area (Å²) in [4.78, 5) is -0.849. The van der Waals surface area contributed by atoms with E-state index in [9.17, 15) is 34.4 Å². The summed E-state index contributed by atoms with van der Waals surface area (Å²) in [7, 11) is -8.79. The molecule has 0 unspecified atom stereocenters. The van der Waals surface area contributed by atoms with Crippen molar-refractivity contribution in [3.63, 3.8) is 0 Å². The van der Waals surface area contributed by atoms with Crippen molar-refractivity contribution in [2.75, 3.05) is 9.44 Å². The Morgan fingerprint density at radius 2 is 1.28 bits per heavy atom. The number of nitrogens with one attached hydrogen (secondary N) is 2. The van der Waals surface area contributed by atoms with Crippen molar-refractivity contribution in [3.05, 3.63) is 83.7 Å². The van der Waals surface area contributed by atoms with E-state index in [0.717, 1.165) is 24.3 Å². The molecule has 0 aliphatic rings. The summed E-state index contributed by atoms with van der Waals surface area (Å²) in [5.41, 5.74) is -1.36. The van der Waals surface area contributed by atoms with Gasteiger partial charge in [0, 0.05) is 6.07 Å². The number of halogens is 4. The van der Waals surface area contributed by atoms with E-state index in [1.807, 2.05) is 4.72 Å². The minimum absolute atomic E-state index is 0.117. The van der Waals surface area contributed by atoms with Gasteiger partial charge in [0.05, 0.1) is 26.7 Å². The lowest BCUT2D eigenvalue weighted by Gasteiger charge is -2.16. The lowest BCUT2D eigenvalue weighted by atomic mass is 10.2. The molecule has 0 aromatic heterocycles. The maximum absolute atomic E-state index is 13.8. The summed E-state index contributed by atoms with van der Waals surface area (Å²) < 4.78 is 107. The molecular weight excluding hydrogens is 472 g/mol. The summed E-state index contributed by atoms with van der Waals surface area (Å²) in [6, 6.07) is 11.4. The predicted octanol–water partition coefficient (Wildman–Crippen LogP) is 4.75. The second kappa shape index (κ2) is 8.43. The summed E-state index contributed by atoms with van der Waals surface area (Å²) in [6.45, 7) is 1.67. The van der Waals surface area contributed by atoms with Gasteiger partial charge in [-0.1, -0.05) is 18.2 Å². The smallest absolute Gasteiger partial charge is 0.277 e. The normalized spacial score (nSPS) is 12.4. The molecule has 3 aromatic rings. The lowest BCUT2D eigenvalue weighted by Crippen LogP contribution is -2.18. The molecule has 0 aliphatic carbocycles. The first-order valence-electron chi connectivity index (χ1n) is 8.87. The van der Waals surface area contributed by atoms with E-state index in [0.29, 0.717) is 23.8 Å². The largest absolute Gasteiger partial charge is 0.416 e. The Morgan fingerprint density at radius 1 is 0.719 bits per heavy atom. The molecule has 0 heterocycles. The number of aryl methyl sites for hydroxylation is 1. The van der Waals surface area contributed by atoms with Gasteiger partial charge in [0.1, 0.15) is 5.82 Å². The molecular formula is C20H16F4N2O4S2. The van der Waals surface area contributed by atoms with E-state index in [-0.39, 0.29) is 10.6 Å². The van der Waals surface area contributed by atoms with Crippen LogP contribution in [0.25, 0.3) is 0 Å². The predicted molar refractivity (Wildman–Crippen MR) is 111 cm³/mol. The van der Waals surface area contributed by atoms with Crippen molar-refractivity contribution >= 4 is 31.4 Å². The summed E-state index contributed by atoms with van der Waals surface area (Å²) in [6.07, 6.45) is -4.78. The third-order valence-corrected chi connectivity index (χ3v) is 6.97. The minimum Gasteiger partial charge on any atom is -0.277 e. The van der Waals surface area contributed by atoms with Crippen molar-refractivity contribution in [1.29, 1.82) is 0 Å². The van der Waals surface area contributed by atoms with Crippen LogP contribution in [0.3, 0.4) is 0 Å². The SMILES string of the molecule is Cc1cccc(S(=O)(=O)Nc2ccc(F)cc2NS(=O)(=O)c2cccc(C(F)(F)F)c2)c1. The maximum Gasteiger partial charge on any atom is 0.416 e. The molecule has 0 saturated carbocycles. The molecule has 0 atom stereocenters. The van der Waals surface area contributed by atoms with Crippen LogP contribution in [0.2, 0.25) is 0 Å². The molecule has 0 fully saturated rings. The highest BCUT2D eigenvalue weighted by molar-refractivity contribution is 7.93. The number of anilines is 2. The van der Waals surface area contributed by atoms with Gasteiger partial charge in [-0.15, -0.1) is 0 Å². The van der Waals surface area contributed by atoms with Crippen LogP contribution in [0.5, 0.6) is 0 Å². The van der Waals surface area contributed by atoms with Crippen LogP contribution in [0.15, 0.2) is 76.5 Å². The zero-order chi connectivity index (χ0) is 23.7. The van der Waals surface area contributed by atoms with E-state index < -0.39 is 48.2 Å². The van der Waals surface area contributed by atoms with E-state index >= 15 is 0 Å². The molecule has 2 N–H and O–H groups in total. The molecule has 0 saturated heterocycles. The zero-order valence-electron chi connectivity index (χ0n) is 16.3. The van der Waals surface area contributed by atoms with Crippen molar-refractivity contribution in [2.45, 2.75) is 22.9 Å². The van der Waals surface area contributed by atoms with Crippen LogP contribution < -0.4 is 9.44 Å². The average Bonchev–Trinajstić information content (AvgIpc) is 2.69. The Bertz CT molecular complexity index is 1370. The molecule has 6 nitrogen and oxygen atoms in total. The third-order valence-electron chi connectivity index (χ3n) is 4.24. The molecule has 3 aromatic carbocycles. The highest BCUT2D eigenvalue weighted by atomic mass is 32.2. The first-order valence-corrected chi connectivity index (χ1v) is 11.8. The highest BCUT2D eigenvalue weighted by Crippen LogP contribution is 2.32. The van der Waals surface area contributed by atoms with Crippen LogP contribution in [0, 0.1) is 12.7 Å². The molecule has 0 spiro atoms. The molecule has 32 heavy (non-hydrogen) atoms. The molecule has 0 amide bonds. The molecule has 0 aliphatic heterocycles. The first-order chi connectivity index (χ1) is 14.8. The van der Waals surface area contributed by atoms with Crippen molar-refractivity contribution in [3.8, 4) is 0 Å². The second-order valence-electron chi connectivity index (χ2n) is 6.74. The number of sulfonamides is 2. The Morgan fingerprint density at radius 3 is 1.88 bits per heavy atom. The van der Waals surface area contributed by atoms with Crippen LogP contribution in [-0.4, -0.2) is 16.8 Å². The van der Waals surface area contributed by atoms with Gasteiger partial charge in [-0.3, -0.25) is 9.44 Å². The summed E-state index contributed by atoms with van der Waals surface area (Å²) in [5, 5.41) is 0. The number of alkyl halides is 3. The van der Waals surface area contributed by atoms with Gasteiger partial charge in [-0.2, -0.15) is 13.2 Å². The van der Waals surface area contributed by atoms with Crippen molar-refractivity contribution in [2.24, 2.45) is 0 Å². The molecule has 3 rings (SSSR count). The van der Waals surface area contributed by atoms with Gasteiger partial charge in [-0.25, -0.2) is 21.2 Å². The Kier molecular flexibility index (Phi) is 6.20. The van der Waals surface area contributed by atoms with Crippen molar-refractivity contribution < 1.29 is 34.4 Å². The van der Waals surface area contributed by atoms with Gasteiger partial charge in [0.15, 0.2) is 0 Å². The maximum atomic E-state index is 13.8.